The predicted molar refractivity (Wildman–Crippen MR) is 102 cm³/mol. The Bertz CT molecular complexity index is 1070. The first-order valence-electron chi connectivity index (χ1n) is 8.74. The Kier molecular flexibility index (Phi) is 5.49. The molecule has 0 aliphatic carbocycles. The normalized spacial score (nSPS) is 11.4. The highest BCUT2D eigenvalue weighted by molar-refractivity contribution is 7.15. The van der Waals surface area contributed by atoms with Gasteiger partial charge in [-0.25, -0.2) is 9.78 Å². The fourth-order valence-electron chi connectivity index (χ4n) is 2.77. The lowest BCUT2D eigenvalue weighted by atomic mass is 10.1. The minimum absolute atomic E-state index is 0.158. The largest absolute Gasteiger partial charge is 0.336 e. The number of carbonyl (C=O) groups is 1. The first-order valence-corrected chi connectivity index (χ1v) is 9.55. The number of carbonyl (C=O) groups excluding carboxylic acids is 1. The Balaban J connectivity index is 1.65. The number of aromatic nitrogens is 6. The monoisotopic (exact) mass is 391 g/mol. The smallest absolute Gasteiger partial charge is 0.329 e. The summed E-state index contributed by atoms with van der Waals surface area (Å²) in [7, 11) is 1.52. The SMILES string of the molecule is CCC(CC)c1nnc(NC(=O)CCc2nc3c([nH]2)c(=O)[nH]c(=O)n3C)s1. The molecule has 3 N–H and O–H groups in total. The van der Waals surface area contributed by atoms with Crippen molar-refractivity contribution in [3.63, 3.8) is 0 Å². The van der Waals surface area contributed by atoms with Crippen molar-refractivity contribution in [3.8, 4) is 0 Å². The van der Waals surface area contributed by atoms with Crippen molar-refractivity contribution in [2.24, 2.45) is 7.05 Å². The van der Waals surface area contributed by atoms with E-state index in [1.165, 1.54) is 23.0 Å². The van der Waals surface area contributed by atoms with E-state index in [0.29, 0.717) is 23.3 Å². The van der Waals surface area contributed by atoms with Crippen LogP contribution in [0.15, 0.2) is 9.59 Å². The van der Waals surface area contributed by atoms with Crippen molar-refractivity contribution in [2.45, 2.75) is 45.4 Å². The minimum Gasteiger partial charge on any atom is -0.336 e. The molecule has 0 radical (unpaired) electrons. The second kappa shape index (κ2) is 7.82. The quantitative estimate of drug-likeness (QED) is 0.554. The van der Waals surface area contributed by atoms with Crippen molar-refractivity contribution in [3.05, 3.63) is 31.7 Å². The number of aryl methyl sites for hydroxylation is 2. The van der Waals surface area contributed by atoms with Gasteiger partial charge in [0.05, 0.1) is 0 Å². The van der Waals surface area contributed by atoms with E-state index < -0.39 is 11.2 Å². The van der Waals surface area contributed by atoms with E-state index in [-0.39, 0.29) is 23.5 Å². The molecule has 10 nitrogen and oxygen atoms in total. The maximum atomic E-state index is 12.2. The fourth-order valence-corrected chi connectivity index (χ4v) is 3.80. The Morgan fingerprint density at radius 1 is 1.22 bits per heavy atom. The van der Waals surface area contributed by atoms with Crippen LogP contribution in [0.4, 0.5) is 5.13 Å². The molecule has 3 aromatic rings. The van der Waals surface area contributed by atoms with Crippen LogP contribution >= 0.6 is 11.3 Å². The first kappa shape index (κ1) is 19.0. The maximum Gasteiger partial charge on any atom is 0.329 e. The van der Waals surface area contributed by atoms with E-state index in [2.05, 4.69) is 44.3 Å². The molecule has 0 bridgehead atoms. The molecular formula is C16H21N7O3S. The molecule has 144 valence electrons. The molecule has 0 aromatic carbocycles. The van der Waals surface area contributed by atoms with Crippen molar-refractivity contribution >= 4 is 33.5 Å². The van der Waals surface area contributed by atoms with Gasteiger partial charge in [0.15, 0.2) is 5.65 Å². The summed E-state index contributed by atoms with van der Waals surface area (Å²) in [5.41, 5.74) is -0.587. The molecule has 3 rings (SSSR count). The number of aromatic amines is 2. The number of H-pyrrole nitrogens is 2. The van der Waals surface area contributed by atoms with Crippen LogP contribution in [0.2, 0.25) is 0 Å². The van der Waals surface area contributed by atoms with Crippen molar-refractivity contribution in [2.75, 3.05) is 5.32 Å². The average molecular weight is 391 g/mol. The Morgan fingerprint density at radius 2 is 1.96 bits per heavy atom. The summed E-state index contributed by atoms with van der Waals surface area (Å²) >= 11 is 1.39. The lowest BCUT2D eigenvalue weighted by Crippen LogP contribution is -2.28. The minimum atomic E-state index is -0.534. The molecule has 11 heteroatoms. The van der Waals surface area contributed by atoms with E-state index in [1.807, 2.05) is 0 Å². The van der Waals surface area contributed by atoms with Gasteiger partial charge in [0.25, 0.3) is 5.56 Å². The van der Waals surface area contributed by atoms with E-state index in [1.54, 1.807) is 0 Å². The van der Waals surface area contributed by atoms with E-state index in [0.717, 1.165) is 17.8 Å². The summed E-state index contributed by atoms with van der Waals surface area (Å²) in [5, 5.41) is 12.3. The number of nitrogens with zero attached hydrogens (tertiary/aromatic N) is 4. The molecule has 0 fully saturated rings. The zero-order valence-electron chi connectivity index (χ0n) is 15.3. The number of anilines is 1. The highest BCUT2D eigenvalue weighted by Crippen LogP contribution is 2.28. The molecule has 1 amide bonds. The topological polar surface area (TPSA) is 138 Å². The van der Waals surface area contributed by atoms with Crippen LogP contribution in [-0.2, 0) is 18.3 Å². The van der Waals surface area contributed by atoms with Crippen LogP contribution in [0.1, 0.15) is 49.9 Å². The number of hydrogen-bond acceptors (Lipinski definition) is 7. The van der Waals surface area contributed by atoms with E-state index in [9.17, 15) is 14.4 Å². The fraction of sp³-hybridized carbons (Fsp3) is 0.500. The summed E-state index contributed by atoms with van der Waals surface area (Å²) in [6.45, 7) is 4.20. The lowest BCUT2D eigenvalue weighted by Gasteiger charge is -2.05. The summed E-state index contributed by atoms with van der Waals surface area (Å²) in [5.74, 6) is 0.598. The van der Waals surface area contributed by atoms with Crippen LogP contribution in [0.3, 0.4) is 0 Å². The molecule has 0 spiro atoms. The third kappa shape index (κ3) is 3.97. The number of rotatable bonds is 7. The predicted octanol–water partition coefficient (Wildman–Crippen LogP) is 1.28. The number of hydrogen-bond donors (Lipinski definition) is 3. The van der Waals surface area contributed by atoms with Crippen molar-refractivity contribution < 1.29 is 4.79 Å². The zero-order chi connectivity index (χ0) is 19.6. The van der Waals surface area contributed by atoms with Gasteiger partial charge in [0.2, 0.25) is 11.0 Å². The molecule has 0 saturated carbocycles. The Labute approximate surface area is 158 Å². The zero-order valence-corrected chi connectivity index (χ0v) is 16.1. The third-order valence-corrected chi connectivity index (χ3v) is 5.42. The standard InChI is InChI=1S/C16H21N7O3S/c1-4-8(5-2)14-21-22-15(27-14)19-10(24)7-6-9-17-11-12(18-9)23(3)16(26)20-13(11)25/h8H,4-7H2,1-3H3,(H,17,18)(H,19,22,24)(H,20,25,26). The maximum absolute atomic E-state index is 12.2. The van der Waals surface area contributed by atoms with Gasteiger partial charge in [-0.1, -0.05) is 25.2 Å². The molecule has 0 aliphatic rings. The molecular weight excluding hydrogens is 370 g/mol. The van der Waals surface area contributed by atoms with Gasteiger partial charge in [-0.3, -0.25) is 19.1 Å². The second-order valence-corrected chi connectivity index (χ2v) is 7.22. The Morgan fingerprint density at radius 3 is 2.67 bits per heavy atom. The number of amides is 1. The molecule has 3 aromatic heterocycles. The van der Waals surface area contributed by atoms with Gasteiger partial charge in [-0.15, -0.1) is 10.2 Å². The van der Waals surface area contributed by atoms with Gasteiger partial charge >= 0.3 is 5.69 Å². The molecule has 0 atom stereocenters. The first-order chi connectivity index (χ1) is 12.9. The molecule has 0 aliphatic heterocycles. The summed E-state index contributed by atoms with van der Waals surface area (Å²) in [4.78, 5) is 44.9. The van der Waals surface area contributed by atoms with Crippen LogP contribution in [0, 0.1) is 0 Å². The molecule has 0 unspecified atom stereocenters. The number of fused-ring (bicyclic) bond motifs is 1. The molecule has 3 heterocycles. The van der Waals surface area contributed by atoms with Crippen molar-refractivity contribution in [1.82, 2.24) is 29.7 Å². The molecule has 0 saturated heterocycles. The van der Waals surface area contributed by atoms with Crippen molar-refractivity contribution in [1.29, 1.82) is 0 Å². The highest BCUT2D eigenvalue weighted by atomic mass is 32.1. The van der Waals surface area contributed by atoms with Crippen LogP contribution in [0.25, 0.3) is 11.2 Å². The Hall–Kier alpha value is -2.82. The van der Waals surface area contributed by atoms with Crippen LogP contribution < -0.4 is 16.6 Å². The second-order valence-electron chi connectivity index (χ2n) is 6.21. The highest BCUT2D eigenvalue weighted by Gasteiger charge is 2.15. The van der Waals surface area contributed by atoms with Gasteiger partial charge in [-0.2, -0.15) is 0 Å². The van der Waals surface area contributed by atoms with Gasteiger partial charge in [0.1, 0.15) is 16.3 Å². The van der Waals surface area contributed by atoms with E-state index >= 15 is 0 Å². The lowest BCUT2D eigenvalue weighted by molar-refractivity contribution is -0.116. The van der Waals surface area contributed by atoms with Crippen LogP contribution in [0.5, 0.6) is 0 Å². The molecule has 27 heavy (non-hydrogen) atoms. The van der Waals surface area contributed by atoms with E-state index in [4.69, 9.17) is 0 Å². The summed E-state index contributed by atoms with van der Waals surface area (Å²) in [6, 6.07) is 0. The number of imidazole rings is 1. The van der Waals surface area contributed by atoms with Crippen LogP contribution in [-0.4, -0.2) is 35.6 Å². The summed E-state index contributed by atoms with van der Waals surface area (Å²) < 4.78 is 1.25. The van der Waals surface area contributed by atoms with Gasteiger partial charge in [0, 0.05) is 25.8 Å². The van der Waals surface area contributed by atoms with Gasteiger partial charge in [-0.05, 0) is 12.8 Å². The summed E-state index contributed by atoms with van der Waals surface area (Å²) in [6.07, 6.45) is 2.41. The van der Waals surface area contributed by atoms with Gasteiger partial charge < -0.3 is 10.3 Å². The average Bonchev–Trinajstić information content (AvgIpc) is 3.27. The number of nitrogens with one attached hydrogen (secondary N) is 3. The third-order valence-electron chi connectivity index (χ3n) is 4.41.